The number of pyridine rings is 1. The van der Waals surface area contributed by atoms with Gasteiger partial charge in [0.15, 0.2) is 0 Å². The Morgan fingerprint density at radius 3 is 2.60 bits per heavy atom. The molecule has 1 fully saturated rings. The number of aromatic amines is 1. The average molecular weight is 465 g/mol. The van der Waals surface area contributed by atoms with E-state index < -0.39 is 11.9 Å². The minimum Gasteiger partial charge on any atom is -0.478 e. The molecule has 0 saturated heterocycles. The molecular formula is C28H21FN4O2. The van der Waals surface area contributed by atoms with Gasteiger partial charge in [-0.25, -0.2) is 4.79 Å². The van der Waals surface area contributed by atoms with E-state index in [0.717, 1.165) is 53.2 Å². The van der Waals surface area contributed by atoms with E-state index in [1.165, 1.54) is 6.08 Å². The summed E-state index contributed by atoms with van der Waals surface area (Å²) in [6.07, 6.45) is 7.34. The predicted molar refractivity (Wildman–Crippen MR) is 131 cm³/mol. The SMILES string of the molecule is N#Cc1cccnc1C(=C(c1ccc(C=CC(=O)O)cc1)c1ccc2[nH]nc(F)c2c1)C1CCC1. The van der Waals surface area contributed by atoms with Crippen LogP contribution >= 0.6 is 0 Å². The van der Waals surface area contributed by atoms with E-state index >= 15 is 0 Å². The molecule has 2 aromatic carbocycles. The summed E-state index contributed by atoms with van der Waals surface area (Å²) in [6, 6.07) is 18.8. The Kier molecular flexibility index (Phi) is 5.94. The molecule has 2 heterocycles. The van der Waals surface area contributed by atoms with E-state index in [2.05, 4.69) is 21.3 Å². The maximum Gasteiger partial charge on any atom is 0.328 e. The number of halogens is 1. The highest BCUT2D eigenvalue weighted by Gasteiger charge is 2.29. The number of benzene rings is 2. The molecule has 0 bridgehead atoms. The van der Waals surface area contributed by atoms with E-state index in [1.54, 1.807) is 30.5 Å². The number of carbonyl (C=O) groups is 1. The molecule has 0 amide bonds. The van der Waals surface area contributed by atoms with Gasteiger partial charge in [0.2, 0.25) is 5.95 Å². The fraction of sp³-hybridized carbons (Fsp3) is 0.143. The van der Waals surface area contributed by atoms with E-state index in [4.69, 9.17) is 5.11 Å². The average Bonchev–Trinajstić information content (AvgIpc) is 3.22. The van der Waals surface area contributed by atoms with Crippen molar-refractivity contribution in [2.24, 2.45) is 5.92 Å². The summed E-state index contributed by atoms with van der Waals surface area (Å²) in [6.45, 7) is 0. The second kappa shape index (κ2) is 9.35. The first kappa shape index (κ1) is 22.2. The highest BCUT2D eigenvalue weighted by atomic mass is 19.1. The van der Waals surface area contributed by atoms with Crippen molar-refractivity contribution in [2.45, 2.75) is 19.3 Å². The lowest BCUT2D eigenvalue weighted by Crippen LogP contribution is -2.16. The van der Waals surface area contributed by atoms with Crippen LogP contribution in [0.5, 0.6) is 0 Å². The normalized spacial score (nSPS) is 14.5. The molecule has 0 unspecified atom stereocenters. The third kappa shape index (κ3) is 4.34. The lowest BCUT2D eigenvalue weighted by Gasteiger charge is -2.31. The Bertz CT molecular complexity index is 1520. The van der Waals surface area contributed by atoms with Gasteiger partial charge in [0.25, 0.3) is 0 Å². The van der Waals surface area contributed by atoms with Crippen molar-refractivity contribution < 1.29 is 14.3 Å². The molecule has 4 aromatic rings. The van der Waals surface area contributed by atoms with Crippen LogP contribution in [-0.2, 0) is 4.79 Å². The van der Waals surface area contributed by atoms with Crippen molar-refractivity contribution >= 4 is 34.1 Å². The van der Waals surface area contributed by atoms with Crippen LogP contribution < -0.4 is 0 Å². The molecule has 35 heavy (non-hydrogen) atoms. The number of fused-ring (bicyclic) bond motifs is 1. The second-order valence-electron chi connectivity index (χ2n) is 8.50. The molecule has 0 radical (unpaired) electrons. The number of allylic oxidation sites excluding steroid dienone is 1. The first-order valence-electron chi connectivity index (χ1n) is 11.3. The van der Waals surface area contributed by atoms with Gasteiger partial charge in [0.05, 0.1) is 22.2 Å². The molecule has 172 valence electrons. The van der Waals surface area contributed by atoms with Gasteiger partial charge in [-0.15, -0.1) is 5.10 Å². The number of rotatable bonds is 6. The zero-order valence-corrected chi connectivity index (χ0v) is 18.7. The maximum atomic E-state index is 14.4. The van der Waals surface area contributed by atoms with E-state index in [0.29, 0.717) is 22.2 Å². The van der Waals surface area contributed by atoms with Crippen molar-refractivity contribution in [1.82, 2.24) is 15.2 Å². The molecule has 6 nitrogen and oxygen atoms in total. The van der Waals surface area contributed by atoms with Gasteiger partial charge in [-0.2, -0.15) is 9.65 Å². The first-order chi connectivity index (χ1) is 17.0. The van der Waals surface area contributed by atoms with Gasteiger partial charge >= 0.3 is 5.97 Å². The fourth-order valence-corrected chi connectivity index (χ4v) is 4.47. The van der Waals surface area contributed by atoms with Gasteiger partial charge in [0, 0.05) is 12.3 Å². The Balaban J connectivity index is 1.78. The third-order valence-corrected chi connectivity index (χ3v) is 6.39. The van der Waals surface area contributed by atoms with Crippen molar-refractivity contribution in [3.63, 3.8) is 0 Å². The first-order valence-corrected chi connectivity index (χ1v) is 11.3. The number of carboxylic acid groups (broad SMARTS) is 1. The lowest BCUT2D eigenvalue weighted by atomic mass is 9.73. The topological polar surface area (TPSA) is 103 Å². The van der Waals surface area contributed by atoms with Crippen LogP contribution in [0.2, 0.25) is 0 Å². The quantitative estimate of drug-likeness (QED) is 0.350. The molecule has 0 atom stereocenters. The Morgan fingerprint density at radius 1 is 1.14 bits per heavy atom. The smallest absolute Gasteiger partial charge is 0.328 e. The number of carboxylic acids is 1. The van der Waals surface area contributed by atoms with Gasteiger partial charge in [-0.05, 0) is 76.9 Å². The molecule has 1 aliphatic carbocycles. The predicted octanol–water partition coefficient (Wildman–Crippen LogP) is 5.83. The van der Waals surface area contributed by atoms with Gasteiger partial charge in [-0.1, -0.05) is 36.8 Å². The molecule has 7 heteroatoms. The van der Waals surface area contributed by atoms with Crippen LogP contribution in [-0.4, -0.2) is 26.3 Å². The Labute approximate surface area is 201 Å². The van der Waals surface area contributed by atoms with Crippen LogP contribution in [0.4, 0.5) is 4.39 Å². The monoisotopic (exact) mass is 464 g/mol. The summed E-state index contributed by atoms with van der Waals surface area (Å²) in [5.41, 5.74) is 5.97. The minimum absolute atomic E-state index is 0.212. The zero-order chi connectivity index (χ0) is 24.4. The highest BCUT2D eigenvalue weighted by molar-refractivity contribution is 6.01. The van der Waals surface area contributed by atoms with E-state index in [1.807, 2.05) is 30.3 Å². The summed E-state index contributed by atoms with van der Waals surface area (Å²) in [7, 11) is 0. The Morgan fingerprint density at radius 2 is 1.91 bits per heavy atom. The molecule has 2 N–H and O–H groups in total. The molecule has 1 saturated carbocycles. The van der Waals surface area contributed by atoms with Crippen molar-refractivity contribution in [2.75, 3.05) is 0 Å². The van der Waals surface area contributed by atoms with Crippen molar-refractivity contribution in [1.29, 1.82) is 5.26 Å². The number of aliphatic carboxylic acids is 1. The maximum absolute atomic E-state index is 14.4. The molecule has 5 rings (SSSR count). The molecular weight excluding hydrogens is 443 g/mol. The summed E-state index contributed by atoms with van der Waals surface area (Å²) in [4.78, 5) is 15.5. The van der Waals surface area contributed by atoms with Crippen molar-refractivity contribution in [3.8, 4) is 6.07 Å². The fourth-order valence-electron chi connectivity index (χ4n) is 4.47. The largest absolute Gasteiger partial charge is 0.478 e. The van der Waals surface area contributed by atoms with Gasteiger partial charge in [-0.3, -0.25) is 10.1 Å². The van der Waals surface area contributed by atoms with Crippen molar-refractivity contribution in [3.05, 3.63) is 101 Å². The number of hydrogen-bond donors (Lipinski definition) is 2. The zero-order valence-electron chi connectivity index (χ0n) is 18.7. The minimum atomic E-state index is -1.02. The standard InChI is InChI=1S/C28H21FN4O2/c29-28-22-15-20(11-12-23(22)32-33-28)25(19-9-6-17(7-10-19)8-13-24(34)35)26(18-3-1-4-18)27-21(16-30)5-2-14-31-27/h2,5-15,18H,1,3-4H2,(H,32,33)(H,34,35). The van der Waals surface area contributed by atoms with Gasteiger partial charge in [0.1, 0.15) is 6.07 Å². The van der Waals surface area contributed by atoms with Crippen LogP contribution in [0.15, 0.2) is 66.9 Å². The molecule has 0 spiro atoms. The highest BCUT2D eigenvalue weighted by Crippen LogP contribution is 2.45. The molecule has 0 aliphatic heterocycles. The molecule has 1 aliphatic rings. The van der Waals surface area contributed by atoms with E-state index in [9.17, 15) is 14.4 Å². The van der Waals surface area contributed by atoms with Crippen LogP contribution in [0, 0.1) is 23.2 Å². The summed E-state index contributed by atoms with van der Waals surface area (Å²) in [5, 5.41) is 25.5. The second-order valence-corrected chi connectivity index (χ2v) is 8.50. The number of nitrogens with one attached hydrogen (secondary N) is 1. The number of H-pyrrole nitrogens is 1. The molecule has 2 aromatic heterocycles. The van der Waals surface area contributed by atoms with Gasteiger partial charge < -0.3 is 5.11 Å². The number of nitrogens with zero attached hydrogens (tertiary/aromatic N) is 3. The summed E-state index contributed by atoms with van der Waals surface area (Å²) in [5.74, 6) is -1.38. The third-order valence-electron chi connectivity index (χ3n) is 6.39. The van der Waals surface area contributed by atoms with Crippen LogP contribution in [0.3, 0.4) is 0 Å². The number of aromatic nitrogens is 3. The van der Waals surface area contributed by atoms with Crippen LogP contribution in [0.1, 0.15) is 47.2 Å². The Hall–Kier alpha value is -4.57. The number of hydrogen-bond acceptors (Lipinski definition) is 4. The summed E-state index contributed by atoms with van der Waals surface area (Å²) < 4.78 is 14.4. The van der Waals surface area contributed by atoms with E-state index in [-0.39, 0.29) is 5.92 Å². The number of nitriles is 1. The van der Waals surface area contributed by atoms with Crippen LogP contribution in [0.25, 0.3) is 28.1 Å². The summed E-state index contributed by atoms with van der Waals surface area (Å²) >= 11 is 0. The lowest BCUT2D eigenvalue weighted by molar-refractivity contribution is -0.131.